The van der Waals surface area contributed by atoms with E-state index in [1.807, 2.05) is 26.8 Å². The molecular formula is C19H29N3O5S. The van der Waals surface area contributed by atoms with E-state index < -0.39 is 10.2 Å². The highest BCUT2D eigenvalue weighted by Crippen LogP contribution is 2.22. The van der Waals surface area contributed by atoms with Crippen LogP contribution in [0.1, 0.15) is 29.8 Å². The molecule has 2 aliphatic rings. The van der Waals surface area contributed by atoms with Crippen molar-refractivity contribution >= 4 is 16.1 Å². The van der Waals surface area contributed by atoms with E-state index in [9.17, 15) is 13.2 Å². The number of hydrogen-bond donors (Lipinski definition) is 0. The highest BCUT2D eigenvalue weighted by atomic mass is 32.2. The third-order valence-corrected chi connectivity index (χ3v) is 7.19. The van der Waals surface area contributed by atoms with E-state index in [2.05, 4.69) is 0 Å². The van der Waals surface area contributed by atoms with Crippen LogP contribution in [-0.2, 0) is 14.9 Å². The largest absolute Gasteiger partial charge is 0.496 e. The molecular weight excluding hydrogens is 382 g/mol. The van der Waals surface area contributed by atoms with Gasteiger partial charge in [-0.1, -0.05) is 6.07 Å². The van der Waals surface area contributed by atoms with Gasteiger partial charge in [-0.3, -0.25) is 4.79 Å². The first-order chi connectivity index (χ1) is 13.2. The van der Waals surface area contributed by atoms with Crippen LogP contribution in [0.5, 0.6) is 5.75 Å². The maximum atomic E-state index is 13.0. The second kappa shape index (κ2) is 8.36. The zero-order valence-electron chi connectivity index (χ0n) is 16.9. The second-order valence-corrected chi connectivity index (χ2v) is 9.39. The fourth-order valence-corrected chi connectivity index (χ4v) is 5.49. The summed E-state index contributed by atoms with van der Waals surface area (Å²) in [5, 5.41) is 0. The zero-order chi connectivity index (χ0) is 20.5. The highest BCUT2D eigenvalue weighted by Gasteiger charge is 2.37. The monoisotopic (exact) mass is 411 g/mol. The number of piperazine rings is 1. The van der Waals surface area contributed by atoms with E-state index in [0.29, 0.717) is 37.5 Å². The molecule has 3 rings (SSSR count). The lowest BCUT2D eigenvalue weighted by atomic mass is 10.1. The van der Waals surface area contributed by atoms with Gasteiger partial charge in [0.15, 0.2) is 0 Å². The molecule has 0 saturated carbocycles. The minimum atomic E-state index is -3.55. The maximum absolute atomic E-state index is 13.0. The summed E-state index contributed by atoms with van der Waals surface area (Å²) < 4.78 is 39.8. The average Bonchev–Trinajstić information content (AvgIpc) is 2.67. The Balaban J connectivity index is 1.64. The Bertz CT molecular complexity index is 811. The number of nitrogens with zero attached hydrogens (tertiary/aromatic N) is 3. The van der Waals surface area contributed by atoms with Crippen LogP contribution in [0.3, 0.4) is 0 Å². The molecule has 2 saturated heterocycles. The molecule has 0 aliphatic carbocycles. The van der Waals surface area contributed by atoms with Crippen LogP contribution < -0.4 is 4.74 Å². The van der Waals surface area contributed by atoms with E-state index in [-0.39, 0.29) is 31.2 Å². The molecule has 156 valence electrons. The van der Waals surface area contributed by atoms with Gasteiger partial charge in [0.25, 0.3) is 16.1 Å². The molecule has 0 spiro atoms. The summed E-state index contributed by atoms with van der Waals surface area (Å²) in [4.78, 5) is 14.5. The molecule has 28 heavy (non-hydrogen) atoms. The lowest BCUT2D eigenvalue weighted by molar-refractivity contribution is -0.0457. The van der Waals surface area contributed by atoms with E-state index >= 15 is 0 Å². The van der Waals surface area contributed by atoms with Crippen molar-refractivity contribution in [2.75, 3.05) is 46.4 Å². The maximum Gasteiger partial charge on any atom is 0.282 e. The van der Waals surface area contributed by atoms with Crippen LogP contribution in [0.25, 0.3) is 0 Å². The van der Waals surface area contributed by atoms with Gasteiger partial charge >= 0.3 is 0 Å². The number of benzene rings is 1. The van der Waals surface area contributed by atoms with Gasteiger partial charge in [-0.05, 0) is 38.5 Å². The predicted octanol–water partition coefficient (Wildman–Crippen LogP) is 1.12. The van der Waals surface area contributed by atoms with Crippen molar-refractivity contribution in [2.45, 2.75) is 33.0 Å². The minimum absolute atomic E-state index is 0.107. The van der Waals surface area contributed by atoms with Crippen molar-refractivity contribution < 1.29 is 22.7 Å². The summed E-state index contributed by atoms with van der Waals surface area (Å²) in [6, 6.07) is 5.37. The topological polar surface area (TPSA) is 79.4 Å². The van der Waals surface area contributed by atoms with Crippen molar-refractivity contribution in [3.63, 3.8) is 0 Å². The summed E-state index contributed by atoms with van der Waals surface area (Å²) in [6.07, 6.45) is -0.254. The second-order valence-electron chi connectivity index (χ2n) is 7.46. The number of rotatable bonds is 4. The lowest BCUT2D eigenvalue weighted by Crippen LogP contribution is -2.57. The number of morpholine rings is 1. The van der Waals surface area contributed by atoms with Crippen LogP contribution >= 0.6 is 0 Å². The SMILES string of the molecule is COc1cc(C(=O)N2CCN(S(=O)(=O)N3C[C@H](C)O[C@@H](C)C3)CC2)ccc1C. The molecule has 0 N–H and O–H groups in total. The predicted molar refractivity (Wildman–Crippen MR) is 106 cm³/mol. The van der Waals surface area contributed by atoms with Crippen LogP contribution in [0.4, 0.5) is 0 Å². The quantitative estimate of drug-likeness (QED) is 0.742. The van der Waals surface area contributed by atoms with E-state index in [0.717, 1.165) is 5.56 Å². The lowest BCUT2D eigenvalue weighted by Gasteiger charge is -2.40. The number of amides is 1. The van der Waals surface area contributed by atoms with Gasteiger partial charge in [0.05, 0.1) is 19.3 Å². The van der Waals surface area contributed by atoms with Crippen molar-refractivity contribution in [1.29, 1.82) is 0 Å². The highest BCUT2D eigenvalue weighted by molar-refractivity contribution is 7.86. The Hall–Kier alpha value is -1.68. The number of hydrogen-bond acceptors (Lipinski definition) is 5. The van der Waals surface area contributed by atoms with Gasteiger partial charge < -0.3 is 14.4 Å². The van der Waals surface area contributed by atoms with Gasteiger partial charge in [-0.15, -0.1) is 0 Å². The number of carbonyl (C=O) groups excluding carboxylic acids is 1. The molecule has 0 aromatic heterocycles. The summed E-state index contributed by atoms with van der Waals surface area (Å²) in [5.74, 6) is 0.562. The van der Waals surface area contributed by atoms with E-state index in [4.69, 9.17) is 9.47 Å². The standard InChI is InChI=1S/C19H29N3O5S/c1-14-5-6-17(11-18(14)26-4)19(23)20-7-9-21(10-8-20)28(24,25)22-12-15(2)27-16(3)13-22/h5-6,11,15-16H,7-10,12-13H2,1-4H3/t15-,16-/m0/s1. The molecule has 0 radical (unpaired) electrons. The first-order valence-corrected chi connectivity index (χ1v) is 11.0. The smallest absolute Gasteiger partial charge is 0.282 e. The van der Waals surface area contributed by atoms with E-state index in [1.54, 1.807) is 24.1 Å². The summed E-state index contributed by atoms with van der Waals surface area (Å²) in [7, 11) is -1.98. The summed E-state index contributed by atoms with van der Waals surface area (Å²) >= 11 is 0. The van der Waals surface area contributed by atoms with Gasteiger partial charge in [0.2, 0.25) is 0 Å². The average molecular weight is 412 g/mol. The minimum Gasteiger partial charge on any atom is -0.496 e. The van der Waals surface area contributed by atoms with Crippen LogP contribution in [0.2, 0.25) is 0 Å². The summed E-state index contributed by atoms with van der Waals surface area (Å²) in [6.45, 7) is 7.70. The molecule has 1 aromatic rings. The van der Waals surface area contributed by atoms with Crippen molar-refractivity contribution in [1.82, 2.24) is 13.5 Å². The molecule has 0 unspecified atom stereocenters. The Kier molecular flexibility index (Phi) is 6.28. The van der Waals surface area contributed by atoms with Crippen molar-refractivity contribution in [3.05, 3.63) is 29.3 Å². The molecule has 2 fully saturated rings. The van der Waals surface area contributed by atoms with Gasteiger partial charge in [-0.2, -0.15) is 17.0 Å². The van der Waals surface area contributed by atoms with E-state index in [1.165, 1.54) is 8.61 Å². The molecule has 1 amide bonds. The Labute approximate surface area is 167 Å². The molecule has 9 heteroatoms. The number of carbonyl (C=O) groups is 1. The molecule has 0 bridgehead atoms. The van der Waals surface area contributed by atoms with Crippen molar-refractivity contribution in [2.24, 2.45) is 0 Å². The van der Waals surface area contributed by atoms with Gasteiger partial charge in [-0.25, -0.2) is 0 Å². The molecule has 2 aliphatic heterocycles. The molecule has 2 atom stereocenters. The van der Waals surface area contributed by atoms with Crippen LogP contribution in [-0.4, -0.2) is 86.4 Å². The Morgan fingerprint density at radius 1 is 1.07 bits per heavy atom. The summed E-state index contributed by atoms with van der Waals surface area (Å²) in [5.41, 5.74) is 1.51. The van der Waals surface area contributed by atoms with Crippen LogP contribution in [0, 0.1) is 6.92 Å². The molecule has 2 heterocycles. The number of aryl methyl sites for hydroxylation is 1. The fraction of sp³-hybridized carbons (Fsp3) is 0.632. The number of ether oxygens (including phenoxy) is 2. The normalized spacial score (nSPS) is 24.9. The Morgan fingerprint density at radius 2 is 1.68 bits per heavy atom. The number of methoxy groups -OCH3 is 1. The van der Waals surface area contributed by atoms with Crippen molar-refractivity contribution in [3.8, 4) is 5.75 Å². The Morgan fingerprint density at radius 3 is 2.25 bits per heavy atom. The zero-order valence-corrected chi connectivity index (χ0v) is 17.7. The third-order valence-electron chi connectivity index (χ3n) is 5.22. The first-order valence-electron chi connectivity index (χ1n) is 9.57. The fourth-order valence-electron chi connectivity index (χ4n) is 3.74. The van der Waals surface area contributed by atoms with Gasteiger partial charge in [0, 0.05) is 44.8 Å². The van der Waals surface area contributed by atoms with Crippen LogP contribution in [0.15, 0.2) is 18.2 Å². The first kappa shape index (κ1) is 21.0. The van der Waals surface area contributed by atoms with Gasteiger partial charge in [0.1, 0.15) is 5.75 Å². The third kappa shape index (κ3) is 4.32. The molecule has 8 nitrogen and oxygen atoms in total. The molecule has 1 aromatic carbocycles.